The number of nitrogens with two attached hydrogens (primary N) is 1. The Balaban J connectivity index is 1.92. The molecule has 0 radical (unpaired) electrons. The van der Waals surface area contributed by atoms with E-state index >= 15 is 0 Å². The van der Waals surface area contributed by atoms with Crippen LogP contribution in [0.4, 0.5) is 11.6 Å². The van der Waals surface area contributed by atoms with Crippen LogP contribution in [-0.4, -0.2) is 21.9 Å². The van der Waals surface area contributed by atoms with Gasteiger partial charge in [0.05, 0.1) is 12.1 Å². The number of fused-ring (bicyclic) bond motifs is 1. The van der Waals surface area contributed by atoms with Gasteiger partial charge in [0.2, 0.25) is 11.9 Å². The summed E-state index contributed by atoms with van der Waals surface area (Å²) in [5.74, 6) is -0.0313. The lowest BCUT2D eigenvalue weighted by Gasteiger charge is -2.22. The van der Waals surface area contributed by atoms with Gasteiger partial charge in [0.15, 0.2) is 0 Å². The number of nitrogens with zero attached hydrogens (tertiary/aromatic N) is 2. The van der Waals surface area contributed by atoms with Crippen molar-refractivity contribution in [3.05, 3.63) is 51.4 Å². The van der Waals surface area contributed by atoms with Gasteiger partial charge in [-0.2, -0.15) is 0 Å². The van der Waals surface area contributed by atoms with E-state index in [9.17, 15) is 9.59 Å². The molecule has 2 heterocycles. The lowest BCUT2D eigenvalue weighted by atomic mass is 10.1. The zero-order valence-corrected chi connectivity index (χ0v) is 12.6. The first-order valence-electron chi connectivity index (χ1n) is 7.22. The van der Waals surface area contributed by atoms with Crippen molar-refractivity contribution in [2.75, 3.05) is 10.6 Å². The van der Waals surface area contributed by atoms with Crippen LogP contribution in [0.5, 0.6) is 0 Å². The standard InChI is InChI=1S/C16H18N4O2/c1-9-7-11-5-3-4-6-13(11)20(9)14(21)8-12-10(2)18-16(17)19-15(12)22/h3-6,9H,7-8H2,1-2H3,(H3,17,18,19,22)/t9-/m0/s1. The Kier molecular flexibility index (Phi) is 3.44. The predicted octanol–water partition coefficient (Wildman–Crippen LogP) is 1.18. The molecule has 0 fully saturated rings. The molecule has 0 saturated heterocycles. The first-order chi connectivity index (χ1) is 10.5. The van der Waals surface area contributed by atoms with Crippen molar-refractivity contribution in [3.8, 4) is 0 Å². The molecule has 0 saturated carbocycles. The maximum Gasteiger partial charge on any atom is 0.256 e. The van der Waals surface area contributed by atoms with Gasteiger partial charge in [-0.3, -0.25) is 14.6 Å². The van der Waals surface area contributed by atoms with Crippen LogP contribution in [0.15, 0.2) is 29.1 Å². The maximum atomic E-state index is 12.7. The van der Waals surface area contributed by atoms with Crippen LogP contribution in [0.1, 0.15) is 23.7 Å². The van der Waals surface area contributed by atoms with Gasteiger partial charge in [-0.1, -0.05) is 18.2 Å². The Morgan fingerprint density at radius 2 is 2.18 bits per heavy atom. The molecule has 2 aromatic rings. The smallest absolute Gasteiger partial charge is 0.256 e. The molecule has 1 aromatic carbocycles. The molecule has 1 aliphatic heterocycles. The van der Waals surface area contributed by atoms with E-state index in [0.29, 0.717) is 11.3 Å². The van der Waals surface area contributed by atoms with Crippen molar-refractivity contribution < 1.29 is 4.79 Å². The molecule has 22 heavy (non-hydrogen) atoms. The number of carbonyl (C=O) groups is 1. The Hall–Kier alpha value is -2.63. The van der Waals surface area contributed by atoms with Gasteiger partial charge >= 0.3 is 0 Å². The second-order valence-electron chi connectivity index (χ2n) is 5.64. The maximum absolute atomic E-state index is 12.7. The summed E-state index contributed by atoms with van der Waals surface area (Å²) in [5.41, 5.74) is 8.11. The number of anilines is 2. The normalized spacial score (nSPS) is 16.6. The molecular weight excluding hydrogens is 280 g/mol. The summed E-state index contributed by atoms with van der Waals surface area (Å²) in [6, 6.07) is 7.95. The third-order valence-corrected chi connectivity index (χ3v) is 4.04. The average molecular weight is 298 g/mol. The summed E-state index contributed by atoms with van der Waals surface area (Å²) in [6.07, 6.45) is 0.852. The SMILES string of the molecule is Cc1nc(N)[nH]c(=O)c1CC(=O)N1c2ccccc2C[C@@H]1C. The fourth-order valence-corrected chi connectivity index (χ4v) is 3.02. The molecule has 3 N–H and O–H groups in total. The van der Waals surface area contributed by atoms with Crippen molar-refractivity contribution in [3.63, 3.8) is 0 Å². The average Bonchev–Trinajstić information content (AvgIpc) is 2.78. The van der Waals surface area contributed by atoms with Gasteiger partial charge in [-0.05, 0) is 31.9 Å². The second kappa shape index (κ2) is 5.29. The number of hydrogen-bond donors (Lipinski definition) is 2. The largest absolute Gasteiger partial charge is 0.369 e. The number of aromatic nitrogens is 2. The molecule has 0 bridgehead atoms. The zero-order valence-electron chi connectivity index (χ0n) is 12.6. The zero-order chi connectivity index (χ0) is 15.9. The first kappa shape index (κ1) is 14.3. The Morgan fingerprint density at radius 3 is 2.91 bits per heavy atom. The van der Waals surface area contributed by atoms with E-state index in [-0.39, 0.29) is 29.9 Å². The highest BCUT2D eigenvalue weighted by Crippen LogP contribution is 2.32. The quantitative estimate of drug-likeness (QED) is 0.871. The number of hydrogen-bond acceptors (Lipinski definition) is 4. The topological polar surface area (TPSA) is 92.1 Å². The molecule has 3 rings (SSSR count). The number of amides is 1. The van der Waals surface area contributed by atoms with Gasteiger partial charge in [-0.15, -0.1) is 0 Å². The highest BCUT2D eigenvalue weighted by molar-refractivity contribution is 5.97. The van der Waals surface area contributed by atoms with E-state index in [1.54, 1.807) is 11.8 Å². The van der Waals surface area contributed by atoms with Crippen LogP contribution >= 0.6 is 0 Å². The van der Waals surface area contributed by atoms with Crippen molar-refractivity contribution >= 4 is 17.5 Å². The van der Waals surface area contributed by atoms with Gasteiger partial charge < -0.3 is 10.6 Å². The minimum absolute atomic E-state index is 0.0210. The number of nitrogen functional groups attached to an aromatic ring is 1. The van der Waals surface area contributed by atoms with E-state index < -0.39 is 0 Å². The third kappa shape index (κ3) is 2.36. The molecule has 0 aliphatic carbocycles. The number of benzene rings is 1. The van der Waals surface area contributed by atoms with Crippen molar-refractivity contribution in [2.45, 2.75) is 32.7 Å². The molecular formula is C16H18N4O2. The van der Waals surface area contributed by atoms with Crippen LogP contribution in [0.2, 0.25) is 0 Å². The first-order valence-corrected chi connectivity index (χ1v) is 7.22. The van der Waals surface area contributed by atoms with E-state index in [1.807, 2.05) is 31.2 Å². The van der Waals surface area contributed by atoms with Crippen LogP contribution in [-0.2, 0) is 17.6 Å². The van der Waals surface area contributed by atoms with Crippen LogP contribution < -0.4 is 16.2 Å². The van der Waals surface area contributed by atoms with Crippen LogP contribution in [0.3, 0.4) is 0 Å². The predicted molar refractivity (Wildman–Crippen MR) is 84.8 cm³/mol. The Labute approximate surface area is 128 Å². The van der Waals surface area contributed by atoms with Crippen molar-refractivity contribution in [1.82, 2.24) is 9.97 Å². The van der Waals surface area contributed by atoms with Crippen molar-refractivity contribution in [1.29, 1.82) is 0 Å². The molecule has 0 unspecified atom stereocenters. The van der Waals surface area contributed by atoms with Gasteiger partial charge in [0, 0.05) is 17.3 Å². The summed E-state index contributed by atoms with van der Waals surface area (Å²) in [5, 5.41) is 0. The molecule has 1 aliphatic rings. The summed E-state index contributed by atoms with van der Waals surface area (Å²) >= 11 is 0. The minimum Gasteiger partial charge on any atom is -0.369 e. The third-order valence-electron chi connectivity index (χ3n) is 4.04. The fraction of sp³-hybridized carbons (Fsp3) is 0.312. The number of nitrogens with one attached hydrogen (secondary N) is 1. The van der Waals surface area contributed by atoms with Gasteiger partial charge in [-0.25, -0.2) is 4.98 Å². The summed E-state index contributed by atoms with van der Waals surface area (Å²) in [7, 11) is 0. The number of aromatic amines is 1. The molecule has 1 amide bonds. The molecule has 6 heteroatoms. The van der Waals surface area contributed by atoms with E-state index in [4.69, 9.17) is 5.73 Å². The van der Waals surface area contributed by atoms with E-state index in [1.165, 1.54) is 0 Å². The Morgan fingerprint density at radius 1 is 1.45 bits per heavy atom. The van der Waals surface area contributed by atoms with E-state index in [2.05, 4.69) is 9.97 Å². The van der Waals surface area contributed by atoms with Crippen LogP contribution in [0, 0.1) is 6.92 Å². The molecule has 6 nitrogen and oxygen atoms in total. The lowest BCUT2D eigenvalue weighted by Crippen LogP contribution is -2.38. The second-order valence-corrected chi connectivity index (χ2v) is 5.64. The fourth-order valence-electron chi connectivity index (χ4n) is 3.02. The van der Waals surface area contributed by atoms with Gasteiger partial charge in [0.25, 0.3) is 5.56 Å². The molecule has 114 valence electrons. The number of aryl methyl sites for hydroxylation is 1. The molecule has 1 aromatic heterocycles. The van der Waals surface area contributed by atoms with E-state index in [0.717, 1.165) is 17.7 Å². The van der Waals surface area contributed by atoms with Crippen LogP contribution in [0.25, 0.3) is 0 Å². The van der Waals surface area contributed by atoms with Crippen molar-refractivity contribution in [2.24, 2.45) is 0 Å². The summed E-state index contributed by atoms with van der Waals surface area (Å²) < 4.78 is 0. The molecule has 0 spiro atoms. The number of para-hydroxylation sites is 1. The monoisotopic (exact) mass is 298 g/mol. The number of carbonyl (C=O) groups excluding carboxylic acids is 1. The highest BCUT2D eigenvalue weighted by Gasteiger charge is 2.31. The summed E-state index contributed by atoms with van der Waals surface area (Å²) in [6.45, 7) is 3.70. The molecule has 1 atom stereocenters. The lowest BCUT2D eigenvalue weighted by molar-refractivity contribution is -0.118. The summed E-state index contributed by atoms with van der Waals surface area (Å²) in [4.78, 5) is 32.9. The highest BCUT2D eigenvalue weighted by atomic mass is 16.2. The van der Waals surface area contributed by atoms with Gasteiger partial charge in [0.1, 0.15) is 0 Å². The Bertz CT molecular complexity index is 797. The minimum atomic E-state index is -0.349. The number of H-pyrrole nitrogens is 1. The number of rotatable bonds is 2.